The number of ether oxygens (including phenoxy) is 2. The lowest BCUT2D eigenvalue weighted by Crippen LogP contribution is -2.29. The molecule has 0 bridgehead atoms. The first-order valence-corrected chi connectivity index (χ1v) is 11.9. The van der Waals surface area contributed by atoms with E-state index in [0.29, 0.717) is 5.56 Å². The Balaban J connectivity index is 1.92. The summed E-state index contributed by atoms with van der Waals surface area (Å²) in [6.07, 6.45) is -4.90. The van der Waals surface area contributed by atoms with Gasteiger partial charge in [-0.05, 0) is 65.1 Å². The van der Waals surface area contributed by atoms with Crippen molar-refractivity contribution in [3.8, 4) is 17.2 Å². The maximum atomic E-state index is 13.4. The number of nitrogens with zero attached hydrogens (tertiary/aromatic N) is 1. The molecule has 0 spiro atoms. The van der Waals surface area contributed by atoms with E-state index >= 15 is 0 Å². The number of alkyl halides is 3. The zero-order valence-electron chi connectivity index (χ0n) is 21.5. The van der Waals surface area contributed by atoms with Crippen LogP contribution in [0.5, 0.6) is 17.2 Å². The highest BCUT2D eigenvalue weighted by Crippen LogP contribution is 2.44. The smallest absolute Gasteiger partial charge is 0.508 e. The summed E-state index contributed by atoms with van der Waals surface area (Å²) in [5, 5.41) is 21.3. The third-order valence-electron chi connectivity index (χ3n) is 6.32. The number of phenols is 1. The Morgan fingerprint density at radius 3 is 2.08 bits per heavy atom. The van der Waals surface area contributed by atoms with Crippen LogP contribution in [0.15, 0.2) is 72.3 Å². The standard InChI is InChI=1S/C29H26F3NO6/c1-28(2,3)17-7-14-22(38-4)21(15-17)25(35)23-24(16-5-10-19(34)11-6-16)33(27(37)26(23)36)18-8-12-20(13-9-18)39-29(30,31)32/h5-15,24,34-35H,1-4H3/b25-23+. The molecule has 3 aromatic rings. The Bertz CT molecular complexity index is 1440. The largest absolute Gasteiger partial charge is 0.573 e. The topological polar surface area (TPSA) is 96.3 Å². The van der Waals surface area contributed by atoms with Crippen LogP contribution in [0.25, 0.3) is 5.76 Å². The van der Waals surface area contributed by atoms with Crippen LogP contribution in [0.3, 0.4) is 0 Å². The summed E-state index contributed by atoms with van der Waals surface area (Å²) in [6, 6.07) is 14.1. The number of aliphatic hydroxyl groups excluding tert-OH is 1. The van der Waals surface area contributed by atoms with E-state index < -0.39 is 35.6 Å². The summed E-state index contributed by atoms with van der Waals surface area (Å²) >= 11 is 0. The van der Waals surface area contributed by atoms with Crippen LogP contribution in [0, 0.1) is 0 Å². The summed E-state index contributed by atoms with van der Waals surface area (Å²) in [6.45, 7) is 5.92. The van der Waals surface area contributed by atoms with Crippen molar-refractivity contribution in [3.05, 3.63) is 89.0 Å². The molecule has 1 aliphatic rings. The van der Waals surface area contributed by atoms with Gasteiger partial charge >= 0.3 is 6.36 Å². The molecule has 0 aliphatic carbocycles. The van der Waals surface area contributed by atoms with Crippen molar-refractivity contribution in [2.45, 2.75) is 38.6 Å². The molecule has 1 heterocycles. The normalized spacial score (nSPS) is 17.4. The highest BCUT2D eigenvalue weighted by Gasteiger charge is 2.47. The van der Waals surface area contributed by atoms with Gasteiger partial charge in [-0.3, -0.25) is 14.5 Å². The molecule has 0 aromatic heterocycles. The number of amides is 1. The van der Waals surface area contributed by atoms with E-state index in [4.69, 9.17) is 4.74 Å². The van der Waals surface area contributed by atoms with Crippen molar-refractivity contribution >= 4 is 23.1 Å². The molecular weight excluding hydrogens is 515 g/mol. The monoisotopic (exact) mass is 541 g/mol. The van der Waals surface area contributed by atoms with Crippen molar-refractivity contribution in [1.82, 2.24) is 0 Å². The van der Waals surface area contributed by atoms with Gasteiger partial charge in [0.15, 0.2) is 0 Å². The molecule has 3 aromatic carbocycles. The van der Waals surface area contributed by atoms with Crippen molar-refractivity contribution in [2.75, 3.05) is 12.0 Å². The van der Waals surface area contributed by atoms with E-state index in [1.165, 1.54) is 43.5 Å². The number of rotatable bonds is 5. The number of halogens is 3. The predicted molar refractivity (Wildman–Crippen MR) is 138 cm³/mol. The fourth-order valence-electron chi connectivity index (χ4n) is 4.38. The van der Waals surface area contributed by atoms with E-state index in [1.807, 2.05) is 26.8 Å². The number of aliphatic hydroxyl groups is 1. The van der Waals surface area contributed by atoms with Gasteiger partial charge in [0.2, 0.25) is 0 Å². The summed E-state index contributed by atoms with van der Waals surface area (Å²) in [5.74, 6) is -2.77. The number of phenolic OH excluding ortho intramolecular Hbond substituents is 1. The number of anilines is 1. The van der Waals surface area contributed by atoms with E-state index in [9.17, 15) is 33.0 Å². The summed E-state index contributed by atoms with van der Waals surface area (Å²) in [5.41, 5.74) is 0.936. The maximum absolute atomic E-state index is 13.4. The van der Waals surface area contributed by atoms with Gasteiger partial charge in [-0.2, -0.15) is 0 Å². The second-order valence-corrected chi connectivity index (χ2v) is 9.97. The number of ketones is 1. The number of Topliss-reactive ketones (excluding diaryl/α,β-unsaturated/α-hetero) is 1. The predicted octanol–water partition coefficient (Wildman–Crippen LogP) is 6.22. The molecule has 0 saturated carbocycles. The van der Waals surface area contributed by atoms with Crippen LogP contribution in [-0.4, -0.2) is 35.4 Å². The highest BCUT2D eigenvalue weighted by atomic mass is 19.4. The Labute approximate surface area is 222 Å². The van der Waals surface area contributed by atoms with Gasteiger partial charge in [0.25, 0.3) is 11.7 Å². The molecule has 4 rings (SSSR count). The Morgan fingerprint density at radius 1 is 0.923 bits per heavy atom. The third kappa shape index (κ3) is 5.55. The zero-order chi connectivity index (χ0) is 28.7. The molecule has 1 fully saturated rings. The lowest BCUT2D eigenvalue weighted by molar-refractivity contribution is -0.274. The third-order valence-corrected chi connectivity index (χ3v) is 6.32. The SMILES string of the molecule is COc1ccc(C(C)(C)C)cc1/C(O)=C1\C(=O)C(=O)N(c2ccc(OC(F)(F)F)cc2)C1c1ccc(O)cc1. The number of methoxy groups -OCH3 is 1. The van der Waals surface area contributed by atoms with Gasteiger partial charge in [0.1, 0.15) is 23.0 Å². The van der Waals surface area contributed by atoms with Crippen LogP contribution in [0.4, 0.5) is 18.9 Å². The minimum absolute atomic E-state index is 0.0658. The molecule has 0 radical (unpaired) electrons. The highest BCUT2D eigenvalue weighted by molar-refractivity contribution is 6.51. The second kappa shape index (κ2) is 10.0. The lowest BCUT2D eigenvalue weighted by Gasteiger charge is -2.26. The number of carbonyl (C=O) groups excluding carboxylic acids is 2. The second-order valence-electron chi connectivity index (χ2n) is 9.97. The summed E-state index contributed by atoms with van der Waals surface area (Å²) in [7, 11) is 1.41. The van der Waals surface area contributed by atoms with Gasteiger partial charge < -0.3 is 19.7 Å². The maximum Gasteiger partial charge on any atom is 0.573 e. The molecule has 1 amide bonds. The number of carbonyl (C=O) groups is 2. The molecule has 1 aliphatic heterocycles. The van der Waals surface area contributed by atoms with Crippen molar-refractivity contribution in [1.29, 1.82) is 0 Å². The van der Waals surface area contributed by atoms with Crippen molar-refractivity contribution < 1.29 is 42.4 Å². The first-order chi connectivity index (χ1) is 18.2. The lowest BCUT2D eigenvalue weighted by atomic mass is 9.85. The van der Waals surface area contributed by atoms with E-state index in [0.717, 1.165) is 22.6 Å². The average molecular weight is 542 g/mol. The van der Waals surface area contributed by atoms with Gasteiger partial charge in [-0.25, -0.2) is 0 Å². The number of hydrogen-bond acceptors (Lipinski definition) is 6. The van der Waals surface area contributed by atoms with Crippen molar-refractivity contribution in [2.24, 2.45) is 0 Å². The molecule has 1 atom stereocenters. The van der Waals surface area contributed by atoms with Crippen molar-refractivity contribution in [3.63, 3.8) is 0 Å². The summed E-state index contributed by atoms with van der Waals surface area (Å²) < 4.78 is 47.3. The van der Waals surface area contributed by atoms with E-state index in [2.05, 4.69) is 4.74 Å². The molecular formula is C29H26F3NO6. The Hall–Kier alpha value is -4.47. The molecule has 7 nitrogen and oxygen atoms in total. The minimum Gasteiger partial charge on any atom is -0.508 e. The average Bonchev–Trinajstić information content (AvgIpc) is 3.13. The van der Waals surface area contributed by atoms with Gasteiger partial charge in [-0.15, -0.1) is 13.2 Å². The van der Waals surface area contributed by atoms with Crippen LogP contribution >= 0.6 is 0 Å². The van der Waals surface area contributed by atoms with Crippen LogP contribution in [-0.2, 0) is 15.0 Å². The fourth-order valence-corrected chi connectivity index (χ4v) is 4.38. The molecule has 1 unspecified atom stereocenters. The quantitative estimate of drug-likeness (QED) is 0.226. The molecule has 10 heteroatoms. The molecule has 1 saturated heterocycles. The first-order valence-electron chi connectivity index (χ1n) is 11.9. The number of aromatic hydroxyl groups is 1. The Kier molecular flexibility index (Phi) is 7.08. The molecule has 39 heavy (non-hydrogen) atoms. The Morgan fingerprint density at radius 2 is 1.54 bits per heavy atom. The minimum atomic E-state index is -4.90. The van der Waals surface area contributed by atoms with E-state index in [-0.39, 0.29) is 33.7 Å². The van der Waals surface area contributed by atoms with Gasteiger partial charge in [0.05, 0.1) is 24.3 Å². The van der Waals surface area contributed by atoms with Gasteiger partial charge in [-0.1, -0.05) is 39.0 Å². The van der Waals surface area contributed by atoms with Crippen LogP contribution < -0.4 is 14.4 Å². The molecule has 204 valence electrons. The summed E-state index contributed by atoms with van der Waals surface area (Å²) in [4.78, 5) is 27.8. The number of benzene rings is 3. The number of hydrogen-bond donors (Lipinski definition) is 2. The zero-order valence-corrected chi connectivity index (χ0v) is 21.5. The van der Waals surface area contributed by atoms with Crippen LogP contribution in [0.1, 0.15) is 43.5 Å². The van der Waals surface area contributed by atoms with Crippen LogP contribution in [0.2, 0.25) is 0 Å². The fraction of sp³-hybridized carbons (Fsp3) is 0.241. The van der Waals surface area contributed by atoms with E-state index in [1.54, 1.807) is 12.1 Å². The first kappa shape index (κ1) is 27.6. The molecule has 2 N–H and O–H groups in total. The van der Waals surface area contributed by atoms with Gasteiger partial charge in [0, 0.05) is 5.69 Å².